The second kappa shape index (κ2) is 5.72. The maximum Gasteiger partial charge on any atom is 0.00127 e. The quantitative estimate of drug-likeness (QED) is 0.731. The van der Waals surface area contributed by atoms with Crippen LogP contribution in [0.3, 0.4) is 0 Å². The molecule has 14 heavy (non-hydrogen) atoms. The minimum Gasteiger partial charge on any atom is -0.330 e. The second-order valence-electron chi connectivity index (χ2n) is 5.23. The van der Waals surface area contributed by atoms with E-state index in [1.165, 1.54) is 32.5 Å². The first kappa shape index (κ1) is 12.0. The van der Waals surface area contributed by atoms with Gasteiger partial charge in [0.15, 0.2) is 0 Å². The summed E-state index contributed by atoms with van der Waals surface area (Å²) in [5.41, 5.74) is 5.56. The van der Waals surface area contributed by atoms with Gasteiger partial charge in [-0.25, -0.2) is 0 Å². The van der Waals surface area contributed by atoms with E-state index < -0.39 is 0 Å². The van der Waals surface area contributed by atoms with Crippen molar-refractivity contribution < 1.29 is 0 Å². The summed E-state index contributed by atoms with van der Waals surface area (Å²) >= 11 is 0. The van der Waals surface area contributed by atoms with Crippen molar-refractivity contribution >= 4 is 0 Å². The fourth-order valence-corrected chi connectivity index (χ4v) is 2.39. The van der Waals surface area contributed by atoms with E-state index in [0.29, 0.717) is 0 Å². The van der Waals surface area contributed by atoms with Gasteiger partial charge in [0, 0.05) is 13.1 Å². The minimum atomic E-state index is 0.769. The van der Waals surface area contributed by atoms with Crippen molar-refractivity contribution in [3.8, 4) is 0 Å². The lowest BCUT2D eigenvalue weighted by atomic mass is 9.95. The van der Waals surface area contributed by atoms with Crippen LogP contribution in [0.25, 0.3) is 0 Å². The van der Waals surface area contributed by atoms with E-state index in [0.717, 1.165) is 24.3 Å². The third kappa shape index (κ3) is 3.58. The van der Waals surface area contributed by atoms with Gasteiger partial charge in [0.05, 0.1) is 0 Å². The predicted molar refractivity (Wildman–Crippen MR) is 62.2 cm³/mol. The van der Waals surface area contributed by atoms with E-state index in [4.69, 9.17) is 5.73 Å². The molecular weight excluding hydrogens is 172 g/mol. The van der Waals surface area contributed by atoms with Crippen LogP contribution in [0.4, 0.5) is 0 Å². The molecule has 1 fully saturated rings. The molecule has 2 nitrogen and oxygen atoms in total. The number of nitrogens with two attached hydrogens (primary N) is 1. The third-order valence-corrected chi connectivity index (χ3v) is 3.48. The molecule has 1 saturated heterocycles. The smallest absolute Gasteiger partial charge is 0.00127 e. The van der Waals surface area contributed by atoms with Crippen molar-refractivity contribution in [1.29, 1.82) is 0 Å². The molecule has 1 rings (SSSR count). The van der Waals surface area contributed by atoms with Gasteiger partial charge in [0.1, 0.15) is 0 Å². The molecule has 0 bridgehead atoms. The molecule has 2 N–H and O–H groups in total. The third-order valence-electron chi connectivity index (χ3n) is 3.48. The molecule has 1 aliphatic heterocycles. The number of likely N-dealkylation sites (tertiary alicyclic amines) is 1. The Morgan fingerprint density at radius 3 is 2.57 bits per heavy atom. The van der Waals surface area contributed by atoms with Gasteiger partial charge in [-0.15, -0.1) is 0 Å². The molecule has 0 aromatic rings. The van der Waals surface area contributed by atoms with E-state index in [1.807, 2.05) is 0 Å². The van der Waals surface area contributed by atoms with Gasteiger partial charge in [-0.2, -0.15) is 0 Å². The molecule has 0 aromatic carbocycles. The van der Waals surface area contributed by atoms with Crippen molar-refractivity contribution in [3.05, 3.63) is 0 Å². The highest BCUT2D eigenvalue weighted by Crippen LogP contribution is 2.24. The van der Waals surface area contributed by atoms with E-state index in [-0.39, 0.29) is 0 Å². The number of rotatable bonds is 5. The largest absolute Gasteiger partial charge is 0.330 e. The SMILES string of the molecule is CC(CCN)CN1CCC(C(C)C)C1. The Labute approximate surface area is 88.8 Å². The van der Waals surface area contributed by atoms with Gasteiger partial charge in [0.2, 0.25) is 0 Å². The average molecular weight is 198 g/mol. The van der Waals surface area contributed by atoms with Crippen LogP contribution in [0.15, 0.2) is 0 Å². The molecule has 1 aliphatic rings. The van der Waals surface area contributed by atoms with Crippen LogP contribution in [-0.4, -0.2) is 31.1 Å². The van der Waals surface area contributed by atoms with Crippen LogP contribution in [0, 0.1) is 17.8 Å². The highest BCUT2D eigenvalue weighted by Gasteiger charge is 2.25. The molecule has 0 radical (unpaired) electrons. The topological polar surface area (TPSA) is 29.3 Å². The summed E-state index contributed by atoms with van der Waals surface area (Å²) < 4.78 is 0. The summed E-state index contributed by atoms with van der Waals surface area (Å²) in [7, 11) is 0. The van der Waals surface area contributed by atoms with Crippen LogP contribution >= 0.6 is 0 Å². The Morgan fingerprint density at radius 2 is 2.07 bits per heavy atom. The lowest BCUT2D eigenvalue weighted by Crippen LogP contribution is -2.28. The van der Waals surface area contributed by atoms with E-state index in [9.17, 15) is 0 Å². The Kier molecular flexibility index (Phi) is 4.90. The van der Waals surface area contributed by atoms with Gasteiger partial charge in [-0.1, -0.05) is 20.8 Å². The standard InChI is InChI=1S/C12H26N2/c1-10(2)12-5-7-14(9-12)8-11(3)4-6-13/h10-12H,4-9,13H2,1-3H3. The molecule has 0 amide bonds. The summed E-state index contributed by atoms with van der Waals surface area (Å²) in [6.07, 6.45) is 2.57. The van der Waals surface area contributed by atoms with E-state index in [1.54, 1.807) is 0 Å². The molecular formula is C12H26N2. The number of hydrogen-bond donors (Lipinski definition) is 1. The highest BCUT2D eigenvalue weighted by atomic mass is 15.1. The Morgan fingerprint density at radius 1 is 1.36 bits per heavy atom. The fraction of sp³-hybridized carbons (Fsp3) is 1.00. The zero-order chi connectivity index (χ0) is 10.6. The summed E-state index contributed by atoms with van der Waals surface area (Å²) in [5, 5.41) is 0. The van der Waals surface area contributed by atoms with Gasteiger partial charge < -0.3 is 10.6 Å². The summed E-state index contributed by atoms with van der Waals surface area (Å²) in [6, 6.07) is 0. The molecule has 2 atom stereocenters. The van der Waals surface area contributed by atoms with E-state index >= 15 is 0 Å². The lowest BCUT2D eigenvalue weighted by Gasteiger charge is -2.21. The van der Waals surface area contributed by atoms with Gasteiger partial charge in [-0.3, -0.25) is 0 Å². The Balaban J connectivity index is 2.21. The van der Waals surface area contributed by atoms with Gasteiger partial charge in [-0.05, 0) is 43.7 Å². The first-order valence-electron chi connectivity index (χ1n) is 6.06. The fourth-order valence-electron chi connectivity index (χ4n) is 2.39. The average Bonchev–Trinajstić information content (AvgIpc) is 2.53. The molecule has 2 heteroatoms. The first-order chi connectivity index (χ1) is 6.63. The van der Waals surface area contributed by atoms with Crippen LogP contribution < -0.4 is 5.73 Å². The number of nitrogens with zero attached hydrogens (tertiary/aromatic N) is 1. The Bertz CT molecular complexity index is 156. The zero-order valence-corrected chi connectivity index (χ0v) is 10.00. The van der Waals surface area contributed by atoms with Crippen molar-refractivity contribution in [3.63, 3.8) is 0 Å². The predicted octanol–water partition coefficient (Wildman–Crippen LogP) is 1.95. The molecule has 0 aromatic heterocycles. The molecule has 0 spiro atoms. The van der Waals surface area contributed by atoms with Crippen LogP contribution in [0.1, 0.15) is 33.6 Å². The molecule has 0 saturated carbocycles. The van der Waals surface area contributed by atoms with Crippen LogP contribution in [0.5, 0.6) is 0 Å². The lowest BCUT2D eigenvalue weighted by molar-refractivity contribution is 0.261. The summed E-state index contributed by atoms with van der Waals surface area (Å²) in [4.78, 5) is 2.62. The van der Waals surface area contributed by atoms with Crippen molar-refractivity contribution in [2.24, 2.45) is 23.5 Å². The first-order valence-corrected chi connectivity index (χ1v) is 6.06. The normalized spacial score (nSPS) is 25.9. The molecule has 84 valence electrons. The monoisotopic (exact) mass is 198 g/mol. The molecule has 2 unspecified atom stereocenters. The van der Waals surface area contributed by atoms with Crippen molar-refractivity contribution in [2.45, 2.75) is 33.6 Å². The molecule has 1 heterocycles. The maximum absolute atomic E-state index is 5.56. The van der Waals surface area contributed by atoms with Crippen LogP contribution in [-0.2, 0) is 0 Å². The molecule has 0 aliphatic carbocycles. The summed E-state index contributed by atoms with van der Waals surface area (Å²) in [6.45, 7) is 11.7. The second-order valence-corrected chi connectivity index (χ2v) is 5.23. The van der Waals surface area contributed by atoms with Gasteiger partial charge >= 0.3 is 0 Å². The zero-order valence-electron chi connectivity index (χ0n) is 10.00. The van der Waals surface area contributed by atoms with E-state index in [2.05, 4.69) is 25.7 Å². The maximum atomic E-state index is 5.56. The Hall–Kier alpha value is -0.0800. The van der Waals surface area contributed by atoms with Gasteiger partial charge in [0.25, 0.3) is 0 Å². The van der Waals surface area contributed by atoms with Crippen LogP contribution in [0.2, 0.25) is 0 Å². The van der Waals surface area contributed by atoms with Crippen molar-refractivity contribution in [1.82, 2.24) is 4.90 Å². The van der Waals surface area contributed by atoms with Crippen molar-refractivity contribution in [2.75, 3.05) is 26.2 Å². The number of hydrogen-bond acceptors (Lipinski definition) is 2. The highest BCUT2D eigenvalue weighted by molar-refractivity contribution is 4.78. The summed E-state index contributed by atoms with van der Waals surface area (Å²) in [5.74, 6) is 2.55. The minimum absolute atomic E-state index is 0.769.